The van der Waals surface area contributed by atoms with E-state index in [0.717, 1.165) is 40.4 Å². The van der Waals surface area contributed by atoms with Crippen molar-refractivity contribution in [3.63, 3.8) is 0 Å². The highest BCUT2D eigenvalue weighted by molar-refractivity contribution is 6.67. The second kappa shape index (κ2) is 27.0. The van der Waals surface area contributed by atoms with Gasteiger partial charge in [-0.1, -0.05) is 95.5 Å². The fourth-order valence-electron chi connectivity index (χ4n) is 7.69. The summed E-state index contributed by atoms with van der Waals surface area (Å²) in [4.78, 5) is 79.1. The second-order valence-electron chi connectivity index (χ2n) is 16.2. The first-order valence-electron chi connectivity index (χ1n) is 22.2. The first kappa shape index (κ1) is 57.4. The highest BCUT2D eigenvalue weighted by Gasteiger charge is 2.62. The molecule has 21 nitrogen and oxygen atoms in total. The van der Waals surface area contributed by atoms with Gasteiger partial charge in [-0.25, -0.2) is 9.59 Å². The number of aliphatic hydroxyl groups is 1. The van der Waals surface area contributed by atoms with Gasteiger partial charge in [-0.3, -0.25) is 19.2 Å². The summed E-state index contributed by atoms with van der Waals surface area (Å²) < 4.78 is 74.6. The maximum absolute atomic E-state index is 14.7. The van der Waals surface area contributed by atoms with Gasteiger partial charge in [0.2, 0.25) is 10.1 Å². The molecule has 2 aliphatic rings. The van der Waals surface area contributed by atoms with Crippen molar-refractivity contribution in [3.05, 3.63) is 96.1 Å². The number of methoxy groups -OCH3 is 2. The standard InChI is InChI=1S/C48H56Cl3NO20/c1-27(53)63-25-37(67-29(3)55)40(68-30(4)56)41-38(52-46(59)65-26-48(49,50)51)35(66-28(2)54)21-47(71-41,45(58)61-6)72-42-39(57)36(24-62-22-31-13-9-7-10-14-31)70-44(69-34-19-17-33(60-5)18-20-34)43(42)64-23-32-15-11-8-12-16-32/h7-20,35-44,57H,21-26H2,1-6H3,(H,52,59)/t35?,36?,37-,38?,39?,40-,41?,42?,43?,44?,47?/m1/s1. The van der Waals surface area contributed by atoms with Crippen LogP contribution in [0.25, 0.3) is 0 Å². The Balaban J connectivity index is 1.70. The Labute approximate surface area is 429 Å². The quantitative estimate of drug-likeness (QED) is 0.0776. The molecule has 72 heavy (non-hydrogen) atoms. The number of nitrogens with one attached hydrogen (secondary N) is 1. The van der Waals surface area contributed by atoms with Gasteiger partial charge in [0.1, 0.15) is 61.3 Å². The summed E-state index contributed by atoms with van der Waals surface area (Å²) >= 11 is 17.6. The first-order chi connectivity index (χ1) is 34.2. The molecule has 394 valence electrons. The lowest BCUT2D eigenvalue weighted by Crippen LogP contribution is -2.71. The van der Waals surface area contributed by atoms with E-state index in [1.54, 1.807) is 54.6 Å². The van der Waals surface area contributed by atoms with Crippen LogP contribution in [0.4, 0.5) is 4.79 Å². The fraction of sp³-hybridized carbons (Fsp3) is 0.500. The molecule has 3 aromatic rings. The van der Waals surface area contributed by atoms with Crippen molar-refractivity contribution >= 4 is 70.7 Å². The molecule has 1 amide bonds. The number of benzene rings is 3. The summed E-state index contributed by atoms with van der Waals surface area (Å²) in [7, 11) is 2.45. The van der Waals surface area contributed by atoms with Gasteiger partial charge in [-0.2, -0.15) is 0 Å². The number of alkyl halides is 3. The minimum absolute atomic E-state index is 0.0741. The summed E-state index contributed by atoms with van der Waals surface area (Å²) in [6.45, 7) is 2.02. The van der Waals surface area contributed by atoms with Crippen molar-refractivity contribution in [2.24, 2.45) is 0 Å². The molecule has 0 aromatic heterocycles. The highest BCUT2D eigenvalue weighted by atomic mass is 35.6. The Morgan fingerprint density at radius 2 is 1.39 bits per heavy atom. The van der Waals surface area contributed by atoms with Crippen molar-refractivity contribution in [3.8, 4) is 11.5 Å². The minimum atomic E-state index is -2.88. The Morgan fingerprint density at radius 3 is 1.94 bits per heavy atom. The molecule has 11 atom stereocenters. The van der Waals surface area contributed by atoms with E-state index in [2.05, 4.69) is 5.32 Å². The van der Waals surface area contributed by atoms with Gasteiger partial charge in [0, 0.05) is 27.7 Å². The van der Waals surface area contributed by atoms with Crippen molar-refractivity contribution in [2.45, 2.75) is 118 Å². The van der Waals surface area contributed by atoms with E-state index in [4.69, 9.17) is 96.4 Å². The van der Waals surface area contributed by atoms with Crippen molar-refractivity contribution in [1.82, 2.24) is 5.32 Å². The summed E-state index contributed by atoms with van der Waals surface area (Å²) in [5, 5.41) is 14.9. The normalized spacial score (nSPS) is 24.8. The lowest BCUT2D eigenvalue weighted by molar-refractivity contribution is -0.369. The van der Waals surface area contributed by atoms with Crippen LogP contribution in [0, 0.1) is 0 Å². The van der Waals surface area contributed by atoms with Crippen LogP contribution < -0.4 is 14.8 Å². The van der Waals surface area contributed by atoms with E-state index in [1.165, 1.54) is 7.11 Å². The molecule has 2 aliphatic heterocycles. The molecule has 0 radical (unpaired) electrons. The second-order valence-corrected chi connectivity index (χ2v) is 18.8. The number of aliphatic hydroxyl groups excluding tert-OH is 1. The maximum atomic E-state index is 14.7. The predicted molar refractivity (Wildman–Crippen MR) is 250 cm³/mol. The first-order valence-corrected chi connectivity index (χ1v) is 23.3. The van der Waals surface area contributed by atoms with Crippen LogP contribution in [0.1, 0.15) is 45.2 Å². The topological polar surface area (TPSA) is 255 Å². The van der Waals surface area contributed by atoms with E-state index < -0.39 is 126 Å². The van der Waals surface area contributed by atoms with Crippen molar-refractivity contribution in [1.29, 1.82) is 0 Å². The van der Waals surface area contributed by atoms with Crippen LogP contribution in [0.5, 0.6) is 11.5 Å². The zero-order valence-corrected chi connectivity index (χ0v) is 42.2. The minimum Gasteiger partial charge on any atom is -0.497 e. The molecule has 2 N–H and O–H groups in total. The molecule has 9 unspecified atom stereocenters. The highest BCUT2D eigenvalue weighted by Crippen LogP contribution is 2.41. The molecular formula is C48H56Cl3NO20. The molecule has 0 bridgehead atoms. The summed E-state index contributed by atoms with van der Waals surface area (Å²) in [5.74, 6) is -7.35. The lowest BCUT2D eigenvalue weighted by Gasteiger charge is -2.51. The molecule has 0 aliphatic carbocycles. The lowest BCUT2D eigenvalue weighted by atomic mass is 9.87. The van der Waals surface area contributed by atoms with Gasteiger partial charge < -0.3 is 72.0 Å². The number of hydrogen-bond acceptors (Lipinski definition) is 20. The van der Waals surface area contributed by atoms with Gasteiger partial charge in [-0.05, 0) is 35.4 Å². The summed E-state index contributed by atoms with van der Waals surface area (Å²) in [5.41, 5.74) is 1.44. The third kappa shape index (κ3) is 17.1. The maximum Gasteiger partial charge on any atom is 0.407 e. The fourth-order valence-corrected chi connectivity index (χ4v) is 7.85. The Kier molecular flexibility index (Phi) is 21.5. The average Bonchev–Trinajstić information content (AvgIpc) is 3.33. The van der Waals surface area contributed by atoms with Crippen LogP contribution in [0.3, 0.4) is 0 Å². The molecular weight excluding hydrogens is 1020 g/mol. The van der Waals surface area contributed by atoms with E-state index in [1.807, 2.05) is 30.3 Å². The number of esters is 5. The molecule has 2 heterocycles. The van der Waals surface area contributed by atoms with Crippen LogP contribution in [-0.2, 0) is 89.3 Å². The number of halogens is 3. The van der Waals surface area contributed by atoms with Crippen molar-refractivity contribution in [2.75, 3.05) is 34.0 Å². The smallest absolute Gasteiger partial charge is 0.407 e. The zero-order valence-electron chi connectivity index (χ0n) is 39.9. The van der Waals surface area contributed by atoms with Gasteiger partial charge in [0.15, 0.2) is 12.2 Å². The number of alkyl carbamates (subject to hydrolysis) is 1. The monoisotopic (exact) mass is 1070 g/mol. The number of amides is 1. The van der Waals surface area contributed by atoms with Gasteiger partial charge in [-0.15, -0.1) is 0 Å². The molecule has 3 aromatic carbocycles. The third-order valence-electron chi connectivity index (χ3n) is 10.7. The number of hydrogen-bond donors (Lipinski definition) is 2. The van der Waals surface area contributed by atoms with Gasteiger partial charge >= 0.3 is 35.9 Å². The number of carbonyl (C=O) groups excluding carboxylic acids is 6. The van der Waals surface area contributed by atoms with Gasteiger partial charge in [0.25, 0.3) is 5.79 Å². The van der Waals surface area contributed by atoms with E-state index in [0.29, 0.717) is 11.3 Å². The average molecular weight is 1070 g/mol. The molecule has 24 heteroatoms. The molecule has 5 rings (SSSR count). The van der Waals surface area contributed by atoms with Crippen LogP contribution in [0.2, 0.25) is 0 Å². The Morgan fingerprint density at radius 1 is 0.778 bits per heavy atom. The number of ether oxygens (including phenoxy) is 13. The van der Waals surface area contributed by atoms with E-state index >= 15 is 0 Å². The zero-order chi connectivity index (χ0) is 52.6. The largest absolute Gasteiger partial charge is 0.497 e. The molecule has 2 saturated heterocycles. The molecule has 0 spiro atoms. The van der Waals surface area contributed by atoms with Gasteiger partial charge in [0.05, 0.1) is 46.5 Å². The van der Waals surface area contributed by atoms with Crippen LogP contribution in [-0.4, -0.2) is 146 Å². The summed E-state index contributed by atoms with van der Waals surface area (Å²) in [6.07, 6.45) is -17.6. The summed E-state index contributed by atoms with van der Waals surface area (Å²) in [6, 6.07) is 22.6. The molecule has 2 fully saturated rings. The predicted octanol–water partition coefficient (Wildman–Crippen LogP) is 4.83. The van der Waals surface area contributed by atoms with E-state index in [9.17, 15) is 33.9 Å². The Hall–Kier alpha value is -5.49. The number of rotatable bonds is 22. The third-order valence-corrected chi connectivity index (χ3v) is 11.0. The number of carbonyl (C=O) groups is 6. The van der Waals surface area contributed by atoms with Crippen LogP contribution in [0.15, 0.2) is 84.9 Å². The van der Waals surface area contributed by atoms with E-state index in [-0.39, 0.29) is 25.6 Å². The SMILES string of the molecule is COC(=O)C1(OC2C(O)C(COCc3ccccc3)OC(Oc3ccc(OC)cc3)C2OCc2ccccc2)CC(OC(C)=O)C(NC(=O)OCC(Cl)(Cl)Cl)C([C@H](OC(C)=O)[C@@H](COC(C)=O)OC(C)=O)O1. The van der Waals surface area contributed by atoms with Crippen LogP contribution >= 0.6 is 34.8 Å². The molecule has 0 saturated carbocycles. The van der Waals surface area contributed by atoms with Crippen molar-refractivity contribution < 1.29 is 95.5 Å². The Bertz CT molecular complexity index is 2260.